The van der Waals surface area contributed by atoms with Gasteiger partial charge in [0.25, 0.3) is 0 Å². The van der Waals surface area contributed by atoms with Crippen LogP contribution in [0.2, 0.25) is 0 Å². The molecule has 32 heavy (non-hydrogen) atoms. The predicted molar refractivity (Wildman–Crippen MR) is 122 cm³/mol. The maximum Gasteiger partial charge on any atom is 0.407 e. The maximum atomic E-state index is 15.0. The van der Waals surface area contributed by atoms with Gasteiger partial charge >= 0.3 is 12.1 Å². The summed E-state index contributed by atoms with van der Waals surface area (Å²) < 4.78 is 21.3. The second kappa shape index (κ2) is 8.30. The van der Waals surface area contributed by atoms with E-state index in [-0.39, 0.29) is 23.6 Å². The van der Waals surface area contributed by atoms with Crippen LogP contribution in [0.5, 0.6) is 6.01 Å². The molecule has 4 atom stereocenters. The van der Waals surface area contributed by atoms with Gasteiger partial charge in [0.05, 0.1) is 23.2 Å². The molecule has 1 aromatic heterocycles. The van der Waals surface area contributed by atoms with Crippen molar-refractivity contribution in [3.8, 4) is 6.01 Å². The van der Waals surface area contributed by atoms with Crippen LogP contribution in [-0.2, 0) is 0 Å². The predicted octanol–water partition coefficient (Wildman–Crippen LogP) is 3.58. The van der Waals surface area contributed by atoms with E-state index in [4.69, 9.17) is 9.72 Å². The summed E-state index contributed by atoms with van der Waals surface area (Å²) >= 11 is 3.25. The molecule has 10 heteroatoms. The van der Waals surface area contributed by atoms with E-state index >= 15 is 0 Å². The summed E-state index contributed by atoms with van der Waals surface area (Å²) in [6.07, 6.45) is 3.01. The number of benzene rings is 1. The Balaban J connectivity index is 1.46. The molecule has 1 N–H and O–H groups in total. The molecule has 2 saturated heterocycles. The number of anilines is 1. The topological polar surface area (TPSA) is 82.0 Å². The normalized spacial score (nSPS) is 27.2. The van der Waals surface area contributed by atoms with E-state index in [1.54, 1.807) is 17.0 Å². The molecule has 2 aliphatic heterocycles. The quantitative estimate of drug-likeness (QED) is 0.661. The Morgan fingerprint density at radius 2 is 1.94 bits per heavy atom. The Kier molecular flexibility index (Phi) is 5.61. The molecule has 3 aliphatic rings. The second-order valence-corrected chi connectivity index (χ2v) is 10.1. The van der Waals surface area contributed by atoms with E-state index in [0.717, 1.165) is 25.7 Å². The Labute approximate surface area is 194 Å². The van der Waals surface area contributed by atoms with Crippen LogP contribution in [0.3, 0.4) is 0 Å². The fourth-order valence-corrected chi connectivity index (χ4v) is 5.72. The first-order valence-electron chi connectivity index (χ1n) is 11.0. The van der Waals surface area contributed by atoms with Crippen LogP contribution in [0.25, 0.3) is 10.9 Å². The van der Waals surface area contributed by atoms with Crippen molar-refractivity contribution in [2.75, 3.05) is 38.7 Å². The van der Waals surface area contributed by atoms with E-state index < -0.39 is 11.9 Å². The number of aromatic nitrogens is 2. The Morgan fingerprint density at radius 1 is 1.22 bits per heavy atom. The van der Waals surface area contributed by atoms with Gasteiger partial charge in [-0.2, -0.15) is 9.97 Å². The molecule has 1 aromatic carbocycles. The van der Waals surface area contributed by atoms with Crippen molar-refractivity contribution in [3.05, 3.63) is 22.4 Å². The molecule has 2 bridgehead atoms. The number of carboxylic acid groups (broad SMARTS) is 1. The van der Waals surface area contributed by atoms with E-state index in [1.807, 2.05) is 0 Å². The van der Waals surface area contributed by atoms with Crippen LogP contribution < -0.4 is 9.64 Å². The van der Waals surface area contributed by atoms with E-state index in [9.17, 15) is 14.3 Å². The van der Waals surface area contributed by atoms with Gasteiger partial charge in [-0.15, -0.1) is 0 Å². The van der Waals surface area contributed by atoms with Gasteiger partial charge in [-0.25, -0.2) is 9.18 Å². The minimum absolute atomic E-state index is 0.0863. The minimum atomic E-state index is -0.875. The first-order chi connectivity index (χ1) is 15.3. The van der Waals surface area contributed by atoms with Crippen molar-refractivity contribution in [1.29, 1.82) is 0 Å². The van der Waals surface area contributed by atoms with Gasteiger partial charge < -0.3 is 19.6 Å². The third kappa shape index (κ3) is 3.67. The molecule has 3 heterocycles. The number of halogens is 2. The zero-order chi connectivity index (χ0) is 22.6. The van der Waals surface area contributed by atoms with Crippen molar-refractivity contribution in [2.24, 2.45) is 5.92 Å². The summed E-state index contributed by atoms with van der Waals surface area (Å²) in [4.78, 5) is 26.6. The number of rotatable bonds is 5. The third-order valence-electron chi connectivity index (χ3n) is 7.19. The van der Waals surface area contributed by atoms with Crippen molar-refractivity contribution in [3.63, 3.8) is 0 Å². The molecule has 0 spiro atoms. The van der Waals surface area contributed by atoms with E-state index in [0.29, 0.717) is 47.3 Å². The van der Waals surface area contributed by atoms with Gasteiger partial charge in [0.2, 0.25) is 0 Å². The lowest BCUT2D eigenvalue weighted by Gasteiger charge is -2.41. The van der Waals surface area contributed by atoms with Gasteiger partial charge in [0.1, 0.15) is 11.3 Å². The molecule has 0 radical (unpaired) electrons. The second-order valence-electron chi connectivity index (χ2n) is 9.25. The average molecular weight is 508 g/mol. The molecule has 4 unspecified atom stereocenters. The fourth-order valence-electron chi connectivity index (χ4n) is 5.40. The lowest BCUT2D eigenvalue weighted by molar-refractivity contribution is 0.0612. The number of hydrogen-bond donors (Lipinski definition) is 1. The number of amides is 1. The number of carbonyl (C=O) groups is 1. The van der Waals surface area contributed by atoms with Crippen LogP contribution >= 0.6 is 15.9 Å². The summed E-state index contributed by atoms with van der Waals surface area (Å²) in [5, 5.41) is 10.2. The van der Waals surface area contributed by atoms with Crippen molar-refractivity contribution >= 4 is 38.7 Å². The summed E-state index contributed by atoms with van der Waals surface area (Å²) in [6, 6.07) is 3.93. The molecular weight excluding hydrogens is 481 g/mol. The monoisotopic (exact) mass is 507 g/mol. The van der Waals surface area contributed by atoms with Crippen LogP contribution in [0.15, 0.2) is 16.6 Å². The average Bonchev–Trinajstić information content (AvgIpc) is 2.99. The first kappa shape index (κ1) is 21.6. The molecule has 3 fully saturated rings. The van der Waals surface area contributed by atoms with Gasteiger partial charge in [0, 0.05) is 30.4 Å². The largest absolute Gasteiger partial charge is 0.465 e. The zero-order valence-corrected chi connectivity index (χ0v) is 19.8. The van der Waals surface area contributed by atoms with Gasteiger partial charge in [-0.1, -0.05) is 0 Å². The Morgan fingerprint density at radius 3 is 2.53 bits per heavy atom. The highest BCUT2D eigenvalue weighted by Crippen LogP contribution is 2.37. The molecule has 2 aromatic rings. The van der Waals surface area contributed by atoms with Crippen molar-refractivity contribution < 1.29 is 19.0 Å². The molecule has 5 rings (SSSR count). The standard InChI is InChI=1S/C22H27BrFN5O3/c1-27(2)17-8-3-12(17)11-32-21-25-19-15(6-7-16(23)18(19)24)20(26-21)28-9-13-4-5-14(10-28)29(13)22(30)31/h6-7,12-14,17H,3-5,8-11H2,1-2H3,(H,30,31). The highest BCUT2D eigenvalue weighted by atomic mass is 79.9. The first-order valence-corrected chi connectivity index (χ1v) is 11.8. The summed E-state index contributed by atoms with van der Waals surface area (Å²) in [7, 11) is 4.14. The molecule has 1 saturated carbocycles. The molecular formula is C22H27BrFN5O3. The van der Waals surface area contributed by atoms with Crippen LogP contribution in [0, 0.1) is 11.7 Å². The lowest BCUT2D eigenvalue weighted by atomic mass is 9.79. The van der Waals surface area contributed by atoms with Crippen molar-refractivity contribution in [2.45, 2.75) is 43.8 Å². The van der Waals surface area contributed by atoms with Gasteiger partial charge in [0.15, 0.2) is 5.82 Å². The number of ether oxygens (including phenoxy) is 1. The third-order valence-corrected chi connectivity index (χ3v) is 7.80. The van der Waals surface area contributed by atoms with Crippen LogP contribution in [0.1, 0.15) is 25.7 Å². The highest BCUT2D eigenvalue weighted by Gasteiger charge is 2.43. The number of fused-ring (bicyclic) bond motifs is 3. The van der Waals surface area contributed by atoms with Crippen LogP contribution in [0.4, 0.5) is 15.0 Å². The maximum absolute atomic E-state index is 15.0. The highest BCUT2D eigenvalue weighted by molar-refractivity contribution is 9.10. The molecule has 1 amide bonds. The van der Waals surface area contributed by atoms with Gasteiger partial charge in [-0.3, -0.25) is 4.90 Å². The fraction of sp³-hybridized carbons (Fsp3) is 0.591. The van der Waals surface area contributed by atoms with Crippen LogP contribution in [-0.4, -0.2) is 82.9 Å². The number of piperazine rings is 1. The van der Waals surface area contributed by atoms with Crippen molar-refractivity contribution in [1.82, 2.24) is 19.8 Å². The SMILES string of the molecule is CN(C)C1CCC1COc1nc(N2CC3CCC(C2)N3C(=O)O)c2ccc(Br)c(F)c2n1. The Bertz CT molecular complexity index is 1040. The zero-order valence-electron chi connectivity index (χ0n) is 18.2. The van der Waals surface area contributed by atoms with Gasteiger partial charge in [-0.05, 0) is 67.8 Å². The number of nitrogens with zero attached hydrogens (tertiary/aromatic N) is 5. The molecule has 1 aliphatic carbocycles. The number of hydrogen-bond acceptors (Lipinski definition) is 6. The van der Waals surface area contributed by atoms with E-state index in [1.165, 1.54) is 0 Å². The molecule has 8 nitrogen and oxygen atoms in total. The Hall–Kier alpha value is -2.20. The summed E-state index contributed by atoms with van der Waals surface area (Å²) in [5.74, 6) is 0.559. The lowest BCUT2D eigenvalue weighted by Crippen LogP contribution is -2.55. The summed E-state index contributed by atoms with van der Waals surface area (Å²) in [5.41, 5.74) is 0.213. The minimum Gasteiger partial charge on any atom is -0.465 e. The smallest absolute Gasteiger partial charge is 0.407 e. The molecule has 172 valence electrons. The summed E-state index contributed by atoms with van der Waals surface area (Å²) in [6.45, 7) is 1.54. The van der Waals surface area contributed by atoms with E-state index in [2.05, 4.69) is 44.8 Å².